The predicted octanol–water partition coefficient (Wildman–Crippen LogP) is 3.00. The zero-order valence-corrected chi connectivity index (χ0v) is 15.1. The van der Waals surface area contributed by atoms with Gasteiger partial charge in [-0.15, -0.1) is 0 Å². The minimum absolute atomic E-state index is 0.0796. The third-order valence-electron chi connectivity index (χ3n) is 4.18. The van der Waals surface area contributed by atoms with Gasteiger partial charge in [0.1, 0.15) is 11.6 Å². The van der Waals surface area contributed by atoms with E-state index in [9.17, 15) is 24.2 Å². The molecule has 1 fully saturated rings. The van der Waals surface area contributed by atoms with Gasteiger partial charge in [0.25, 0.3) is 11.7 Å². The average molecular weight is 420 g/mol. The molecule has 2 N–H and O–H groups in total. The number of ketones is 1. The monoisotopic (exact) mass is 419 g/mol. The van der Waals surface area contributed by atoms with Gasteiger partial charge in [-0.05, 0) is 29.8 Å². The molecular formula is C19H15BrFNO4. The van der Waals surface area contributed by atoms with Crippen molar-refractivity contribution >= 4 is 33.4 Å². The molecule has 3 rings (SSSR count). The van der Waals surface area contributed by atoms with Gasteiger partial charge in [-0.25, -0.2) is 4.39 Å². The lowest BCUT2D eigenvalue weighted by atomic mass is 9.95. The minimum atomic E-state index is -0.897. The second kappa shape index (κ2) is 7.39. The summed E-state index contributed by atoms with van der Waals surface area (Å²) in [6.45, 7) is -0.424. The molecule has 0 spiro atoms. The van der Waals surface area contributed by atoms with E-state index in [0.717, 1.165) is 4.47 Å². The summed E-state index contributed by atoms with van der Waals surface area (Å²) in [5.74, 6) is -2.42. The number of carbonyl (C=O) groups is 2. The fourth-order valence-electron chi connectivity index (χ4n) is 2.97. The van der Waals surface area contributed by atoms with Crippen molar-refractivity contribution in [2.24, 2.45) is 0 Å². The van der Waals surface area contributed by atoms with Crippen LogP contribution in [0.3, 0.4) is 0 Å². The Hall–Kier alpha value is -2.51. The zero-order chi connectivity index (χ0) is 18.8. The lowest BCUT2D eigenvalue weighted by Gasteiger charge is -2.24. The first-order chi connectivity index (χ1) is 12.4. The van der Waals surface area contributed by atoms with Gasteiger partial charge < -0.3 is 15.1 Å². The summed E-state index contributed by atoms with van der Waals surface area (Å²) in [7, 11) is 0. The Labute approximate surface area is 157 Å². The predicted molar refractivity (Wildman–Crippen MR) is 96.6 cm³/mol. The van der Waals surface area contributed by atoms with E-state index in [0.29, 0.717) is 11.1 Å². The molecule has 1 aliphatic rings. The number of hydrogen-bond acceptors (Lipinski definition) is 4. The molecule has 1 amide bonds. The number of aliphatic hydroxyl groups excluding tert-OH is 2. The smallest absolute Gasteiger partial charge is 0.295 e. The lowest BCUT2D eigenvalue weighted by molar-refractivity contribution is -0.140. The van der Waals surface area contributed by atoms with Crippen LogP contribution in [-0.2, 0) is 9.59 Å². The average Bonchev–Trinajstić information content (AvgIpc) is 2.88. The van der Waals surface area contributed by atoms with E-state index in [1.165, 1.54) is 29.2 Å². The van der Waals surface area contributed by atoms with Crippen LogP contribution in [0.15, 0.2) is 58.6 Å². The molecule has 0 aromatic heterocycles. The van der Waals surface area contributed by atoms with E-state index in [2.05, 4.69) is 15.9 Å². The molecule has 134 valence electrons. The van der Waals surface area contributed by atoms with Gasteiger partial charge in [0.15, 0.2) is 0 Å². The molecule has 1 saturated heterocycles. The molecule has 1 atom stereocenters. The fraction of sp³-hybridized carbons (Fsp3) is 0.158. The standard InChI is InChI=1S/C19H15BrFNO4/c20-13-5-1-12(2-6-13)17(24)15-16(11-3-7-14(21)8-4-11)22(9-10-23)19(26)18(15)25/h1-8,16,23-24H,9-10H2. The van der Waals surface area contributed by atoms with Crippen molar-refractivity contribution in [1.82, 2.24) is 4.90 Å². The van der Waals surface area contributed by atoms with E-state index < -0.39 is 23.5 Å². The number of benzene rings is 2. The number of rotatable bonds is 4. The maximum atomic E-state index is 13.3. The molecule has 5 nitrogen and oxygen atoms in total. The number of nitrogens with zero attached hydrogens (tertiary/aromatic N) is 1. The molecule has 7 heteroatoms. The van der Waals surface area contributed by atoms with Crippen LogP contribution >= 0.6 is 15.9 Å². The number of Topliss-reactive ketones (excluding diaryl/α,β-unsaturated/α-hetero) is 1. The van der Waals surface area contributed by atoms with E-state index in [1.54, 1.807) is 24.3 Å². The Morgan fingerprint density at radius 2 is 1.69 bits per heavy atom. The van der Waals surface area contributed by atoms with Crippen molar-refractivity contribution in [2.45, 2.75) is 6.04 Å². The van der Waals surface area contributed by atoms with E-state index >= 15 is 0 Å². The number of amides is 1. The molecule has 1 unspecified atom stereocenters. The third kappa shape index (κ3) is 3.27. The second-order valence-electron chi connectivity index (χ2n) is 5.77. The Bertz CT molecular complexity index is 877. The second-order valence-corrected chi connectivity index (χ2v) is 6.69. The molecule has 2 aromatic carbocycles. The van der Waals surface area contributed by atoms with Crippen LogP contribution in [0.4, 0.5) is 4.39 Å². The summed E-state index contributed by atoms with van der Waals surface area (Å²) in [5.41, 5.74) is 0.761. The molecule has 1 heterocycles. The van der Waals surface area contributed by atoms with Gasteiger partial charge in [-0.3, -0.25) is 9.59 Å². The van der Waals surface area contributed by atoms with Crippen LogP contribution < -0.4 is 0 Å². The highest BCUT2D eigenvalue weighted by molar-refractivity contribution is 9.10. The Kier molecular flexibility index (Phi) is 5.20. The van der Waals surface area contributed by atoms with E-state index in [-0.39, 0.29) is 24.5 Å². The Balaban J connectivity index is 2.17. The van der Waals surface area contributed by atoms with E-state index in [1.807, 2.05) is 0 Å². The number of hydrogen-bond donors (Lipinski definition) is 2. The molecule has 0 aliphatic carbocycles. The summed E-state index contributed by atoms with van der Waals surface area (Å²) in [5, 5.41) is 20.0. The van der Waals surface area contributed by atoms with Gasteiger partial charge in [0.2, 0.25) is 0 Å². The topological polar surface area (TPSA) is 77.8 Å². The summed E-state index contributed by atoms with van der Waals surface area (Å²) >= 11 is 3.29. The first-order valence-corrected chi connectivity index (χ1v) is 8.64. The molecule has 26 heavy (non-hydrogen) atoms. The van der Waals surface area contributed by atoms with Crippen LogP contribution in [-0.4, -0.2) is 40.0 Å². The number of carbonyl (C=O) groups excluding carboxylic acids is 2. The van der Waals surface area contributed by atoms with Crippen molar-refractivity contribution in [3.05, 3.63) is 75.5 Å². The molecule has 2 aromatic rings. The third-order valence-corrected chi connectivity index (χ3v) is 4.71. The number of halogens is 2. The van der Waals surface area contributed by atoms with Crippen LogP contribution in [0.25, 0.3) is 5.76 Å². The summed E-state index contributed by atoms with van der Waals surface area (Å²) in [4.78, 5) is 26.1. The highest BCUT2D eigenvalue weighted by Gasteiger charge is 2.45. The highest BCUT2D eigenvalue weighted by Crippen LogP contribution is 2.39. The zero-order valence-electron chi connectivity index (χ0n) is 13.5. The number of likely N-dealkylation sites (tertiary alicyclic amines) is 1. The van der Waals surface area contributed by atoms with Gasteiger partial charge in [0, 0.05) is 16.6 Å². The van der Waals surface area contributed by atoms with Crippen LogP contribution in [0.5, 0.6) is 0 Å². The summed E-state index contributed by atoms with van der Waals surface area (Å²) in [6, 6.07) is 11.1. The number of β-amino-alcohol motifs (C(OH)–C–C–N with tert-alkyl or cyclic N) is 1. The van der Waals surface area contributed by atoms with Gasteiger partial charge >= 0.3 is 0 Å². The summed E-state index contributed by atoms with van der Waals surface area (Å²) < 4.78 is 14.1. The van der Waals surface area contributed by atoms with Crippen LogP contribution in [0, 0.1) is 5.82 Å². The molecular weight excluding hydrogens is 405 g/mol. The van der Waals surface area contributed by atoms with Crippen molar-refractivity contribution in [2.75, 3.05) is 13.2 Å². The van der Waals surface area contributed by atoms with E-state index in [4.69, 9.17) is 0 Å². The largest absolute Gasteiger partial charge is 0.507 e. The first kappa shape index (κ1) is 18.3. The number of aliphatic hydroxyl groups is 2. The van der Waals surface area contributed by atoms with Crippen molar-refractivity contribution in [1.29, 1.82) is 0 Å². The Morgan fingerprint density at radius 3 is 2.27 bits per heavy atom. The van der Waals surface area contributed by atoms with Crippen LogP contribution in [0.2, 0.25) is 0 Å². The van der Waals surface area contributed by atoms with Gasteiger partial charge in [0.05, 0.1) is 18.2 Å². The van der Waals surface area contributed by atoms with Crippen molar-refractivity contribution in [3.8, 4) is 0 Å². The maximum absolute atomic E-state index is 13.3. The van der Waals surface area contributed by atoms with Crippen molar-refractivity contribution < 1.29 is 24.2 Å². The highest BCUT2D eigenvalue weighted by atomic mass is 79.9. The molecule has 1 aliphatic heterocycles. The Morgan fingerprint density at radius 1 is 1.08 bits per heavy atom. The minimum Gasteiger partial charge on any atom is -0.507 e. The normalized spacial score (nSPS) is 19.2. The van der Waals surface area contributed by atoms with Gasteiger partial charge in [-0.1, -0.05) is 40.2 Å². The SMILES string of the molecule is O=C1C(=O)N(CCO)C(c2ccc(F)cc2)C1=C(O)c1ccc(Br)cc1. The maximum Gasteiger partial charge on any atom is 0.295 e. The van der Waals surface area contributed by atoms with Crippen molar-refractivity contribution in [3.63, 3.8) is 0 Å². The molecule has 0 saturated carbocycles. The molecule has 0 bridgehead atoms. The van der Waals surface area contributed by atoms with Crippen LogP contribution in [0.1, 0.15) is 17.2 Å². The van der Waals surface area contributed by atoms with Gasteiger partial charge in [-0.2, -0.15) is 0 Å². The molecule has 0 radical (unpaired) electrons. The lowest BCUT2D eigenvalue weighted by Crippen LogP contribution is -2.32. The summed E-state index contributed by atoms with van der Waals surface area (Å²) in [6.07, 6.45) is 0. The quantitative estimate of drug-likeness (QED) is 0.453. The fourth-order valence-corrected chi connectivity index (χ4v) is 3.24. The first-order valence-electron chi connectivity index (χ1n) is 7.84.